The molecule has 4 saturated carbocycles. The maximum atomic E-state index is 12.4. The van der Waals surface area contributed by atoms with Crippen LogP contribution in [-0.2, 0) is 4.79 Å². The Morgan fingerprint density at radius 1 is 1.04 bits per heavy atom. The topological polar surface area (TPSA) is 57.5 Å². The van der Waals surface area contributed by atoms with E-state index >= 15 is 0 Å². The first-order chi connectivity index (χ1) is 11.7. The lowest BCUT2D eigenvalue weighted by Crippen LogP contribution is -2.59. The minimum Gasteiger partial charge on any atom is -0.393 e. The molecule has 0 saturated heterocycles. The van der Waals surface area contributed by atoms with E-state index in [2.05, 4.69) is 20.8 Å². The molecule has 142 valence electrons. The molecule has 0 unspecified atom stereocenters. The van der Waals surface area contributed by atoms with Gasteiger partial charge in [0.15, 0.2) is 0 Å². The molecule has 0 amide bonds. The van der Waals surface area contributed by atoms with Gasteiger partial charge in [0, 0.05) is 5.92 Å². The molecule has 4 aliphatic carbocycles. The third-order valence-electron chi connectivity index (χ3n) is 9.35. The van der Waals surface area contributed by atoms with Gasteiger partial charge < -0.3 is 10.2 Å². The average molecular weight is 349 g/mol. The second-order valence-electron chi connectivity index (χ2n) is 10.6. The van der Waals surface area contributed by atoms with Crippen LogP contribution in [0, 0.1) is 46.3 Å². The van der Waals surface area contributed by atoms with E-state index in [9.17, 15) is 15.0 Å². The maximum absolute atomic E-state index is 12.4. The predicted octanol–water partition coefficient (Wildman–Crippen LogP) is 3.81. The van der Waals surface area contributed by atoms with Crippen LogP contribution in [0.4, 0.5) is 0 Å². The van der Waals surface area contributed by atoms with Crippen molar-refractivity contribution in [2.45, 2.75) is 84.8 Å². The van der Waals surface area contributed by atoms with Crippen LogP contribution >= 0.6 is 0 Å². The van der Waals surface area contributed by atoms with Crippen LogP contribution in [0.2, 0.25) is 0 Å². The summed E-state index contributed by atoms with van der Waals surface area (Å²) in [6, 6.07) is 0. The van der Waals surface area contributed by atoms with Gasteiger partial charge >= 0.3 is 0 Å². The smallest absolute Gasteiger partial charge is 0.133 e. The summed E-state index contributed by atoms with van der Waals surface area (Å²) in [5.41, 5.74) is 0.143. The van der Waals surface area contributed by atoms with E-state index in [1.54, 1.807) is 6.92 Å². The van der Waals surface area contributed by atoms with E-state index in [4.69, 9.17) is 0 Å². The van der Waals surface area contributed by atoms with Crippen molar-refractivity contribution >= 4 is 5.78 Å². The highest BCUT2D eigenvalue weighted by molar-refractivity contribution is 5.80. The van der Waals surface area contributed by atoms with E-state index in [1.807, 2.05) is 0 Å². The summed E-state index contributed by atoms with van der Waals surface area (Å²) in [7, 11) is 0. The van der Waals surface area contributed by atoms with Gasteiger partial charge in [-0.05, 0) is 92.3 Å². The Hall–Kier alpha value is -0.410. The Morgan fingerprint density at radius 3 is 2.44 bits per heavy atom. The van der Waals surface area contributed by atoms with Crippen molar-refractivity contribution in [2.24, 2.45) is 46.3 Å². The first kappa shape index (κ1) is 18.0. The van der Waals surface area contributed by atoms with Crippen molar-refractivity contribution in [2.75, 3.05) is 0 Å². The number of hydrogen-bond donors (Lipinski definition) is 2. The summed E-state index contributed by atoms with van der Waals surface area (Å²) in [6.07, 6.45) is 6.72. The zero-order chi connectivity index (χ0) is 18.1. The summed E-state index contributed by atoms with van der Waals surface area (Å²) < 4.78 is 0. The lowest BCUT2D eigenvalue weighted by molar-refractivity contribution is -0.178. The number of aliphatic hydroxyl groups excluding tert-OH is 2. The van der Waals surface area contributed by atoms with E-state index in [0.717, 1.165) is 32.1 Å². The van der Waals surface area contributed by atoms with Gasteiger partial charge in [0.05, 0.1) is 12.2 Å². The van der Waals surface area contributed by atoms with Gasteiger partial charge in [-0.15, -0.1) is 0 Å². The van der Waals surface area contributed by atoms with Crippen LogP contribution < -0.4 is 0 Å². The van der Waals surface area contributed by atoms with Crippen LogP contribution in [-0.4, -0.2) is 28.2 Å². The van der Waals surface area contributed by atoms with Crippen molar-refractivity contribution in [1.82, 2.24) is 0 Å². The third kappa shape index (κ3) is 2.41. The molecule has 25 heavy (non-hydrogen) atoms. The second kappa shape index (κ2) is 5.79. The van der Waals surface area contributed by atoms with Crippen molar-refractivity contribution in [1.29, 1.82) is 0 Å². The average Bonchev–Trinajstić information content (AvgIpc) is 2.77. The van der Waals surface area contributed by atoms with Crippen LogP contribution in [0.3, 0.4) is 0 Å². The first-order valence-electron chi connectivity index (χ1n) is 10.5. The number of Topliss-reactive ketones (excluding diaryl/α,β-unsaturated/α-hetero) is 1. The van der Waals surface area contributed by atoms with Gasteiger partial charge in [-0.3, -0.25) is 4.79 Å². The van der Waals surface area contributed by atoms with Gasteiger partial charge in [0.1, 0.15) is 5.78 Å². The number of ketones is 1. The zero-order valence-corrected chi connectivity index (χ0v) is 16.4. The van der Waals surface area contributed by atoms with Crippen molar-refractivity contribution in [3.8, 4) is 0 Å². The lowest BCUT2D eigenvalue weighted by Gasteiger charge is -2.62. The predicted molar refractivity (Wildman–Crippen MR) is 97.8 cm³/mol. The van der Waals surface area contributed by atoms with E-state index < -0.39 is 0 Å². The molecule has 0 heterocycles. The van der Waals surface area contributed by atoms with Crippen molar-refractivity contribution < 1.29 is 15.0 Å². The highest BCUT2D eigenvalue weighted by Gasteiger charge is 2.64. The van der Waals surface area contributed by atoms with Crippen LogP contribution in [0.15, 0.2) is 0 Å². The number of rotatable bonds is 1. The standard InChI is InChI=1S/C22H36O3/c1-12-9-17-16-6-5-14-10-15(24)7-8-21(14,3)20(16)18(25)11-22(17,4)19(12)13(2)23/h12,14-20,24-25H,5-11H2,1-4H3/t12-,14+,15-,16+,17+,18+,19-,20-,21+,22+/m1/s1. The monoisotopic (exact) mass is 348 g/mol. The minimum absolute atomic E-state index is 0.0246. The highest BCUT2D eigenvalue weighted by Crippen LogP contribution is 2.68. The molecule has 0 bridgehead atoms. The zero-order valence-electron chi connectivity index (χ0n) is 16.4. The maximum Gasteiger partial charge on any atom is 0.133 e. The molecule has 4 aliphatic rings. The highest BCUT2D eigenvalue weighted by atomic mass is 16.3. The molecule has 0 aromatic heterocycles. The molecule has 4 rings (SSSR count). The first-order valence-corrected chi connectivity index (χ1v) is 10.5. The van der Waals surface area contributed by atoms with E-state index in [-0.39, 0.29) is 29.0 Å². The SMILES string of the molecule is CC(=O)[C@H]1[C@H](C)C[C@H]2[C@@H]3CC[C@H]4C[C@H](O)CC[C@]4(C)[C@H]3[C@@H](O)C[C@@]21C. The second-order valence-corrected chi connectivity index (χ2v) is 10.6. The molecule has 0 spiro atoms. The fourth-order valence-corrected chi connectivity index (χ4v) is 8.59. The Balaban J connectivity index is 1.69. The summed E-state index contributed by atoms with van der Waals surface area (Å²) in [5.74, 6) is 2.92. The van der Waals surface area contributed by atoms with Gasteiger partial charge in [0.25, 0.3) is 0 Å². The lowest BCUT2D eigenvalue weighted by atomic mass is 9.44. The molecule has 0 aliphatic heterocycles. The van der Waals surface area contributed by atoms with Gasteiger partial charge in [-0.1, -0.05) is 20.8 Å². The molecule has 3 nitrogen and oxygen atoms in total. The van der Waals surface area contributed by atoms with Crippen LogP contribution in [0.5, 0.6) is 0 Å². The molecular weight excluding hydrogens is 312 g/mol. The number of carbonyl (C=O) groups excluding carboxylic acids is 1. The van der Waals surface area contributed by atoms with Crippen molar-refractivity contribution in [3.05, 3.63) is 0 Å². The number of hydrogen-bond acceptors (Lipinski definition) is 3. The van der Waals surface area contributed by atoms with Crippen LogP contribution in [0.1, 0.15) is 72.6 Å². The Kier molecular flexibility index (Phi) is 4.16. The van der Waals surface area contributed by atoms with Crippen LogP contribution in [0.25, 0.3) is 0 Å². The quantitative estimate of drug-likeness (QED) is 0.757. The Bertz CT molecular complexity index is 559. The molecular formula is C22H36O3. The number of carbonyl (C=O) groups is 1. The molecule has 0 aromatic rings. The molecule has 0 radical (unpaired) electrons. The Morgan fingerprint density at radius 2 is 1.76 bits per heavy atom. The van der Waals surface area contributed by atoms with Gasteiger partial charge in [-0.2, -0.15) is 0 Å². The van der Waals surface area contributed by atoms with E-state index in [1.165, 1.54) is 12.8 Å². The van der Waals surface area contributed by atoms with Gasteiger partial charge in [0.2, 0.25) is 0 Å². The number of fused-ring (bicyclic) bond motifs is 5. The fraction of sp³-hybridized carbons (Fsp3) is 0.955. The Labute approximate surface area is 152 Å². The minimum atomic E-state index is -0.290. The molecule has 10 atom stereocenters. The summed E-state index contributed by atoms with van der Waals surface area (Å²) in [5, 5.41) is 21.4. The largest absolute Gasteiger partial charge is 0.393 e. The van der Waals surface area contributed by atoms with Crippen molar-refractivity contribution in [3.63, 3.8) is 0 Å². The van der Waals surface area contributed by atoms with Gasteiger partial charge in [-0.25, -0.2) is 0 Å². The summed E-state index contributed by atoms with van der Waals surface area (Å²) >= 11 is 0. The summed E-state index contributed by atoms with van der Waals surface area (Å²) in [6.45, 7) is 8.70. The molecule has 0 aromatic carbocycles. The number of aliphatic hydroxyl groups is 2. The third-order valence-corrected chi connectivity index (χ3v) is 9.35. The van der Waals surface area contributed by atoms with E-state index in [0.29, 0.717) is 35.4 Å². The summed E-state index contributed by atoms with van der Waals surface area (Å²) in [4.78, 5) is 12.4. The molecule has 3 heteroatoms. The normalized spacial score (nSPS) is 58.2. The molecule has 2 N–H and O–H groups in total. The molecule has 4 fully saturated rings. The fourth-order valence-electron chi connectivity index (χ4n) is 8.59.